The summed E-state index contributed by atoms with van der Waals surface area (Å²) < 4.78 is 14.5. The maximum Gasteiger partial charge on any atom is 0.166 e. The summed E-state index contributed by atoms with van der Waals surface area (Å²) in [6.45, 7) is 1.39. The fourth-order valence-corrected chi connectivity index (χ4v) is 2.51. The van der Waals surface area contributed by atoms with Crippen LogP contribution in [-0.4, -0.2) is 18.2 Å². The molecule has 0 saturated heterocycles. The summed E-state index contributed by atoms with van der Waals surface area (Å²) in [4.78, 5) is 0. The molecule has 2 N–H and O–H groups in total. The zero-order valence-electron chi connectivity index (χ0n) is 12.1. The average Bonchev–Trinajstić information content (AvgIpc) is 2.51. The van der Waals surface area contributed by atoms with Crippen molar-refractivity contribution in [1.82, 2.24) is 10.6 Å². The predicted octanol–water partition coefficient (Wildman–Crippen LogP) is 3.84. The Bertz CT molecular complexity index is 616. The van der Waals surface area contributed by atoms with E-state index in [-0.39, 0.29) is 5.82 Å². The molecule has 0 atom stereocenters. The maximum atomic E-state index is 13.5. The molecule has 0 aliphatic rings. The summed E-state index contributed by atoms with van der Waals surface area (Å²) in [7, 11) is 0. The molecule has 22 heavy (non-hydrogen) atoms. The highest BCUT2D eigenvalue weighted by Crippen LogP contribution is 2.10. The van der Waals surface area contributed by atoms with E-state index < -0.39 is 0 Å². The maximum absolute atomic E-state index is 13.5. The van der Waals surface area contributed by atoms with Crippen LogP contribution < -0.4 is 10.6 Å². The van der Waals surface area contributed by atoms with Crippen LogP contribution in [0.4, 0.5) is 4.39 Å². The van der Waals surface area contributed by atoms with Gasteiger partial charge in [-0.2, -0.15) is 0 Å². The molecule has 2 aromatic carbocycles. The molecule has 0 bridgehead atoms. The molecule has 2 aromatic rings. The fourth-order valence-electron chi connectivity index (χ4n) is 2.05. The number of rotatable bonds is 6. The van der Waals surface area contributed by atoms with Crippen LogP contribution in [-0.2, 0) is 12.8 Å². The van der Waals surface area contributed by atoms with Crippen molar-refractivity contribution in [3.63, 3.8) is 0 Å². The second-order valence-electron chi connectivity index (χ2n) is 4.90. The first-order valence-electron chi connectivity index (χ1n) is 7.15. The van der Waals surface area contributed by atoms with Crippen LogP contribution in [0, 0.1) is 5.82 Å². The lowest BCUT2D eigenvalue weighted by atomic mass is 10.1. The van der Waals surface area contributed by atoms with E-state index in [1.54, 1.807) is 12.1 Å². The monoisotopic (exact) mass is 380 g/mol. The van der Waals surface area contributed by atoms with Crippen molar-refractivity contribution in [2.45, 2.75) is 12.8 Å². The van der Waals surface area contributed by atoms with Gasteiger partial charge in [0.15, 0.2) is 5.11 Å². The SMILES string of the molecule is Fc1ccccc1CCNC(=S)NCCc1ccc(Br)cc1. The standard InChI is InChI=1S/C17H18BrFN2S/c18-15-7-5-13(6-8-15)9-11-20-17(22)21-12-10-14-3-1-2-4-16(14)19/h1-8H,9-12H2,(H2,20,21,22). The van der Waals surface area contributed by atoms with E-state index in [2.05, 4.69) is 38.7 Å². The van der Waals surface area contributed by atoms with Gasteiger partial charge in [0.05, 0.1) is 0 Å². The minimum atomic E-state index is -0.168. The summed E-state index contributed by atoms with van der Waals surface area (Å²) in [6.07, 6.45) is 1.52. The highest BCUT2D eigenvalue weighted by atomic mass is 79.9. The van der Waals surface area contributed by atoms with E-state index in [1.165, 1.54) is 11.6 Å². The smallest absolute Gasteiger partial charge is 0.166 e. The normalized spacial score (nSPS) is 10.3. The molecule has 0 aliphatic carbocycles. The second-order valence-corrected chi connectivity index (χ2v) is 6.22. The molecule has 0 unspecified atom stereocenters. The van der Waals surface area contributed by atoms with Crippen molar-refractivity contribution in [3.05, 3.63) is 69.9 Å². The Balaban J connectivity index is 1.64. The van der Waals surface area contributed by atoms with Gasteiger partial charge in [-0.25, -0.2) is 4.39 Å². The Hall–Kier alpha value is -1.46. The zero-order valence-corrected chi connectivity index (χ0v) is 14.5. The minimum absolute atomic E-state index is 0.168. The largest absolute Gasteiger partial charge is 0.362 e. The Labute approximate surface area is 144 Å². The number of hydrogen-bond acceptors (Lipinski definition) is 1. The van der Waals surface area contributed by atoms with E-state index in [9.17, 15) is 4.39 Å². The summed E-state index contributed by atoms with van der Waals surface area (Å²) in [5.74, 6) is -0.168. The molecule has 2 nitrogen and oxygen atoms in total. The first kappa shape index (κ1) is 16.9. The van der Waals surface area contributed by atoms with Gasteiger partial charge in [0.25, 0.3) is 0 Å². The third kappa shape index (κ3) is 5.73. The Morgan fingerprint density at radius 1 is 0.955 bits per heavy atom. The van der Waals surface area contributed by atoms with Crippen molar-refractivity contribution in [2.24, 2.45) is 0 Å². The van der Waals surface area contributed by atoms with Gasteiger partial charge >= 0.3 is 0 Å². The summed E-state index contributed by atoms with van der Waals surface area (Å²) in [5, 5.41) is 6.87. The Kier molecular flexibility index (Phi) is 6.80. The lowest BCUT2D eigenvalue weighted by Gasteiger charge is -2.11. The number of thiocarbonyl (C=S) groups is 1. The van der Waals surface area contributed by atoms with Crippen molar-refractivity contribution in [1.29, 1.82) is 0 Å². The van der Waals surface area contributed by atoms with E-state index in [1.807, 2.05) is 18.2 Å². The molecule has 0 spiro atoms. The van der Waals surface area contributed by atoms with Crippen molar-refractivity contribution >= 4 is 33.3 Å². The molecule has 0 heterocycles. The number of hydrogen-bond donors (Lipinski definition) is 2. The van der Waals surface area contributed by atoms with Gasteiger partial charge < -0.3 is 10.6 Å². The van der Waals surface area contributed by atoms with E-state index in [0.29, 0.717) is 23.6 Å². The fraction of sp³-hybridized carbons (Fsp3) is 0.235. The third-order valence-corrected chi connectivity index (χ3v) is 4.07. The highest BCUT2D eigenvalue weighted by Gasteiger charge is 2.01. The average molecular weight is 381 g/mol. The lowest BCUT2D eigenvalue weighted by Crippen LogP contribution is -2.37. The molecule has 116 valence electrons. The predicted molar refractivity (Wildman–Crippen MR) is 96.6 cm³/mol. The van der Waals surface area contributed by atoms with Gasteiger partial charge in [0, 0.05) is 17.6 Å². The van der Waals surface area contributed by atoms with Gasteiger partial charge in [-0.1, -0.05) is 46.3 Å². The van der Waals surface area contributed by atoms with E-state index >= 15 is 0 Å². The quantitative estimate of drug-likeness (QED) is 0.744. The van der Waals surface area contributed by atoms with Crippen LogP contribution in [0.3, 0.4) is 0 Å². The van der Waals surface area contributed by atoms with Gasteiger partial charge in [0.1, 0.15) is 5.82 Å². The number of benzene rings is 2. The van der Waals surface area contributed by atoms with E-state index in [0.717, 1.165) is 17.4 Å². The van der Waals surface area contributed by atoms with Crippen LogP contribution in [0.2, 0.25) is 0 Å². The first-order chi connectivity index (χ1) is 10.6. The minimum Gasteiger partial charge on any atom is -0.362 e. The van der Waals surface area contributed by atoms with Crippen LogP contribution in [0.15, 0.2) is 53.0 Å². The van der Waals surface area contributed by atoms with Crippen molar-refractivity contribution in [3.8, 4) is 0 Å². The summed E-state index contributed by atoms with van der Waals surface area (Å²) >= 11 is 8.63. The van der Waals surface area contributed by atoms with Crippen molar-refractivity contribution < 1.29 is 4.39 Å². The molecule has 0 aliphatic heterocycles. The van der Waals surface area contributed by atoms with Crippen LogP contribution in [0.1, 0.15) is 11.1 Å². The molecular weight excluding hydrogens is 363 g/mol. The van der Waals surface area contributed by atoms with E-state index in [4.69, 9.17) is 12.2 Å². The Morgan fingerprint density at radius 2 is 1.59 bits per heavy atom. The van der Waals surface area contributed by atoms with Gasteiger partial charge in [0.2, 0.25) is 0 Å². The van der Waals surface area contributed by atoms with Gasteiger partial charge in [-0.3, -0.25) is 0 Å². The molecule has 0 amide bonds. The number of nitrogens with one attached hydrogen (secondary N) is 2. The first-order valence-corrected chi connectivity index (χ1v) is 8.35. The molecule has 5 heteroatoms. The van der Waals surface area contributed by atoms with Crippen LogP contribution in [0.5, 0.6) is 0 Å². The lowest BCUT2D eigenvalue weighted by molar-refractivity contribution is 0.607. The summed E-state index contributed by atoms with van der Waals surface area (Å²) in [5.41, 5.74) is 1.96. The molecule has 0 aromatic heterocycles. The summed E-state index contributed by atoms with van der Waals surface area (Å²) in [6, 6.07) is 15.0. The third-order valence-electron chi connectivity index (χ3n) is 3.25. The molecule has 2 rings (SSSR count). The number of halogens is 2. The topological polar surface area (TPSA) is 24.1 Å². The highest BCUT2D eigenvalue weighted by molar-refractivity contribution is 9.10. The van der Waals surface area contributed by atoms with Crippen LogP contribution >= 0.6 is 28.1 Å². The van der Waals surface area contributed by atoms with Crippen LogP contribution in [0.25, 0.3) is 0 Å². The zero-order chi connectivity index (χ0) is 15.8. The molecule has 0 saturated carbocycles. The molecule has 0 radical (unpaired) electrons. The van der Waals surface area contributed by atoms with Crippen molar-refractivity contribution in [2.75, 3.05) is 13.1 Å². The van der Waals surface area contributed by atoms with Gasteiger partial charge in [-0.05, 0) is 54.4 Å². The Morgan fingerprint density at radius 3 is 2.27 bits per heavy atom. The second kappa shape index (κ2) is 8.86. The molecule has 0 fully saturated rings. The van der Waals surface area contributed by atoms with Gasteiger partial charge in [-0.15, -0.1) is 0 Å². The molecular formula is C17H18BrFN2S.